The standard InChI is InChI=1S/C20H18ClNO4S/c1-12-8-14(4-6-16(12)19-11-26-13(2)22-19)9-20(23)17-7-5-15(10-18(17)21)27(3,24)25/h4-8,10-11H,9H2,1-3H3. The third-order valence-corrected chi connectivity index (χ3v) is 5.64. The van der Waals surface area contributed by atoms with Crippen LogP contribution in [-0.2, 0) is 16.3 Å². The molecule has 2 aromatic carbocycles. The lowest BCUT2D eigenvalue weighted by Crippen LogP contribution is -2.06. The molecule has 0 N–H and O–H groups in total. The van der Waals surface area contributed by atoms with E-state index < -0.39 is 9.84 Å². The minimum absolute atomic E-state index is 0.0900. The van der Waals surface area contributed by atoms with Gasteiger partial charge < -0.3 is 4.42 Å². The van der Waals surface area contributed by atoms with Crippen LogP contribution in [0.25, 0.3) is 11.3 Å². The number of Topliss-reactive ketones (excluding diaryl/α,β-unsaturated/α-hetero) is 1. The second kappa shape index (κ2) is 7.29. The maximum atomic E-state index is 12.6. The number of rotatable bonds is 5. The molecular formula is C20H18ClNO4S. The zero-order valence-corrected chi connectivity index (χ0v) is 16.7. The molecule has 0 aliphatic carbocycles. The highest BCUT2D eigenvalue weighted by molar-refractivity contribution is 7.90. The van der Waals surface area contributed by atoms with E-state index in [1.807, 2.05) is 25.1 Å². The highest BCUT2D eigenvalue weighted by Crippen LogP contribution is 2.26. The minimum atomic E-state index is -3.37. The predicted molar refractivity (Wildman–Crippen MR) is 104 cm³/mol. The molecule has 0 bridgehead atoms. The van der Waals surface area contributed by atoms with Crippen molar-refractivity contribution in [1.29, 1.82) is 0 Å². The van der Waals surface area contributed by atoms with Gasteiger partial charge in [-0.05, 0) is 36.2 Å². The van der Waals surface area contributed by atoms with Crippen molar-refractivity contribution in [3.63, 3.8) is 0 Å². The van der Waals surface area contributed by atoms with Gasteiger partial charge in [0.15, 0.2) is 21.5 Å². The fourth-order valence-corrected chi connectivity index (χ4v) is 3.84. The van der Waals surface area contributed by atoms with Crippen LogP contribution in [0, 0.1) is 13.8 Å². The summed E-state index contributed by atoms with van der Waals surface area (Å²) in [6, 6.07) is 9.87. The van der Waals surface area contributed by atoms with E-state index in [0.717, 1.165) is 28.6 Å². The largest absolute Gasteiger partial charge is 0.449 e. The minimum Gasteiger partial charge on any atom is -0.449 e. The number of oxazole rings is 1. The molecular weight excluding hydrogens is 386 g/mol. The Bertz CT molecular complexity index is 1130. The lowest BCUT2D eigenvalue weighted by atomic mass is 9.98. The van der Waals surface area contributed by atoms with E-state index in [-0.39, 0.29) is 22.1 Å². The monoisotopic (exact) mass is 403 g/mol. The average Bonchev–Trinajstić information content (AvgIpc) is 3.00. The van der Waals surface area contributed by atoms with Gasteiger partial charge in [0.2, 0.25) is 0 Å². The summed E-state index contributed by atoms with van der Waals surface area (Å²) < 4.78 is 28.4. The third kappa shape index (κ3) is 4.28. The third-order valence-electron chi connectivity index (χ3n) is 4.22. The summed E-state index contributed by atoms with van der Waals surface area (Å²) in [4.78, 5) is 17.0. The summed E-state index contributed by atoms with van der Waals surface area (Å²) in [6.45, 7) is 3.73. The van der Waals surface area contributed by atoms with Crippen molar-refractivity contribution in [3.8, 4) is 11.3 Å². The Morgan fingerprint density at radius 3 is 2.44 bits per heavy atom. The topological polar surface area (TPSA) is 77.2 Å². The van der Waals surface area contributed by atoms with Crippen LogP contribution in [0.15, 0.2) is 52.0 Å². The molecule has 0 unspecified atom stereocenters. The van der Waals surface area contributed by atoms with Gasteiger partial charge in [-0.2, -0.15) is 0 Å². The average molecular weight is 404 g/mol. The molecule has 1 heterocycles. The van der Waals surface area contributed by atoms with E-state index in [9.17, 15) is 13.2 Å². The van der Waals surface area contributed by atoms with Gasteiger partial charge in [-0.15, -0.1) is 0 Å². The zero-order valence-electron chi connectivity index (χ0n) is 15.1. The molecule has 1 aromatic heterocycles. The van der Waals surface area contributed by atoms with E-state index in [4.69, 9.17) is 16.0 Å². The summed E-state index contributed by atoms with van der Waals surface area (Å²) in [6.07, 6.45) is 2.86. The summed E-state index contributed by atoms with van der Waals surface area (Å²) in [5.74, 6) is 0.417. The Hall–Kier alpha value is -2.44. The molecule has 5 nitrogen and oxygen atoms in total. The fourth-order valence-electron chi connectivity index (χ4n) is 2.84. The van der Waals surface area contributed by atoms with E-state index >= 15 is 0 Å². The number of aromatic nitrogens is 1. The van der Waals surface area contributed by atoms with Crippen LogP contribution in [0.4, 0.5) is 0 Å². The highest BCUT2D eigenvalue weighted by atomic mass is 35.5. The van der Waals surface area contributed by atoms with Gasteiger partial charge in [0.05, 0.1) is 9.92 Å². The molecule has 0 saturated carbocycles. The van der Waals surface area contributed by atoms with Crippen molar-refractivity contribution in [1.82, 2.24) is 4.98 Å². The highest BCUT2D eigenvalue weighted by Gasteiger charge is 2.16. The van der Waals surface area contributed by atoms with Crippen molar-refractivity contribution in [3.05, 3.63) is 70.3 Å². The molecule has 0 aliphatic rings. The first-order valence-corrected chi connectivity index (χ1v) is 10.5. The molecule has 140 valence electrons. The first kappa shape index (κ1) is 19.3. The van der Waals surface area contributed by atoms with Gasteiger partial charge in [-0.3, -0.25) is 4.79 Å². The van der Waals surface area contributed by atoms with E-state index in [2.05, 4.69) is 4.98 Å². The normalized spacial score (nSPS) is 11.6. The van der Waals surface area contributed by atoms with Gasteiger partial charge >= 0.3 is 0 Å². The number of carbonyl (C=O) groups excluding carboxylic acids is 1. The molecule has 3 rings (SSSR count). The second-order valence-corrected chi connectivity index (χ2v) is 8.84. The summed E-state index contributed by atoms with van der Waals surface area (Å²) in [7, 11) is -3.37. The van der Waals surface area contributed by atoms with Crippen LogP contribution < -0.4 is 0 Å². The maximum absolute atomic E-state index is 12.6. The van der Waals surface area contributed by atoms with Crippen molar-refractivity contribution < 1.29 is 17.6 Å². The quantitative estimate of drug-likeness (QED) is 0.588. The Morgan fingerprint density at radius 1 is 1.15 bits per heavy atom. The van der Waals surface area contributed by atoms with Gasteiger partial charge in [-0.25, -0.2) is 13.4 Å². The molecule has 0 radical (unpaired) electrons. The molecule has 3 aromatic rings. The van der Waals surface area contributed by atoms with Crippen molar-refractivity contribution in [2.24, 2.45) is 0 Å². The number of hydrogen-bond acceptors (Lipinski definition) is 5. The number of benzene rings is 2. The van der Waals surface area contributed by atoms with E-state index in [0.29, 0.717) is 11.5 Å². The first-order valence-electron chi connectivity index (χ1n) is 8.20. The molecule has 0 aliphatic heterocycles. The lowest BCUT2D eigenvalue weighted by molar-refractivity contribution is 0.0993. The molecule has 0 amide bonds. The Labute approximate surface area is 162 Å². The first-order chi connectivity index (χ1) is 12.6. The number of halogens is 1. The van der Waals surface area contributed by atoms with Crippen LogP contribution >= 0.6 is 11.6 Å². The van der Waals surface area contributed by atoms with Gasteiger partial charge in [0, 0.05) is 30.7 Å². The number of sulfone groups is 1. The van der Waals surface area contributed by atoms with E-state index in [1.165, 1.54) is 18.2 Å². The molecule has 0 atom stereocenters. The zero-order chi connectivity index (χ0) is 19.8. The van der Waals surface area contributed by atoms with Crippen LogP contribution in [-0.4, -0.2) is 25.4 Å². The number of hydrogen-bond donors (Lipinski definition) is 0. The second-order valence-electron chi connectivity index (χ2n) is 6.41. The summed E-state index contributed by atoms with van der Waals surface area (Å²) >= 11 is 6.13. The molecule has 0 spiro atoms. The van der Waals surface area contributed by atoms with Gasteiger partial charge in [0.1, 0.15) is 12.0 Å². The number of carbonyl (C=O) groups is 1. The maximum Gasteiger partial charge on any atom is 0.191 e. The van der Waals surface area contributed by atoms with Crippen molar-refractivity contribution in [2.45, 2.75) is 25.2 Å². The van der Waals surface area contributed by atoms with Crippen LogP contribution in [0.1, 0.15) is 27.4 Å². The van der Waals surface area contributed by atoms with E-state index in [1.54, 1.807) is 13.2 Å². The molecule has 7 heteroatoms. The summed E-state index contributed by atoms with van der Waals surface area (Å²) in [5.41, 5.74) is 3.82. The van der Waals surface area contributed by atoms with Crippen molar-refractivity contribution >= 4 is 27.2 Å². The Balaban J connectivity index is 1.83. The van der Waals surface area contributed by atoms with Crippen LogP contribution in [0.2, 0.25) is 5.02 Å². The number of nitrogens with zero attached hydrogens (tertiary/aromatic N) is 1. The van der Waals surface area contributed by atoms with Gasteiger partial charge in [0.25, 0.3) is 0 Å². The van der Waals surface area contributed by atoms with Crippen LogP contribution in [0.5, 0.6) is 0 Å². The fraction of sp³-hybridized carbons (Fsp3) is 0.200. The molecule has 0 saturated heterocycles. The smallest absolute Gasteiger partial charge is 0.191 e. The van der Waals surface area contributed by atoms with Crippen LogP contribution in [0.3, 0.4) is 0 Å². The number of ketones is 1. The SMILES string of the molecule is Cc1nc(-c2ccc(CC(=O)c3ccc(S(C)(=O)=O)cc3Cl)cc2C)co1. The van der Waals surface area contributed by atoms with Crippen molar-refractivity contribution in [2.75, 3.05) is 6.26 Å². The Kier molecular flexibility index (Phi) is 5.22. The Morgan fingerprint density at radius 2 is 1.89 bits per heavy atom. The van der Waals surface area contributed by atoms with Gasteiger partial charge in [-0.1, -0.05) is 29.8 Å². The predicted octanol–water partition coefficient (Wildman–Crippen LogP) is 4.44. The number of aryl methyl sites for hydroxylation is 2. The molecule has 27 heavy (non-hydrogen) atoms. The summed E-state index contributed by atoms with van der Waals surface area (Å²) in [5, 5.41) is 0.134. The lowest BCUT2D eigenvalue weighted by Gasteiger charge is -2.08. The molecule has 0 fully saturated rings.